The predicted molar refractivity (Wildman–Crippen MR) is 73.1 cm³/mol. The zero-order valence-electron chi connectivity index (χ0n) is 10.4. The Balaban J connectivity index is 2.30. The van der Waals surface area contributed by atoms with E-state index in [-0.39, 0.29) is 11.8 Å². The predicted octanol–water partition coefficient (Wildman–Crippen LogP) is 2.91. The molecule has 0 aliphatic heterocycles. The fourth-order valence-electron chi connectivity index (χ4n) is 2.23. The molecule has 0 aliphatic rings. The van der Waals surface area contributed by atoms with Crippen LogP contribution in [0.4, 0.5) is 10.3 Å². The Labute approximate surface area is 109 Å². The molecule has 2 aromatic heterocycles. The van der Waals surface area contributed by atoms with Gasteiger partial charge in [0.15, 0.2) is 0 Å². The first kappa shape index (κ1) is 11.6. The topological polar surface area (TPSA) is 67.6 Å². The maximum absolute atomic E-state index is 13.7. The van der Waals surface area contributed by atoms with Crippen molar-refractivity contribution in [3.05, 3.63) is 42.0 Å². The molecule has 0 unspecified atom stereocenters. The van der Waals surface area contributed by atoms with Gasteiger partial charge < -0.3 is 10.7 Å². The van der Waals surface area contributed by atoms with Crippen molar-refractivity contribution in [3.63, 3.8) is 0 Å². The molecule has 3 aromatic rings. The van der Waals surface area contributed by atoms with Crippen LogP contribution in [0.2, 0.25) is 0 Å². The monoisotopic (exact) mass is 256 g/mol. The Morgan fingerprint density at radius 3 is 3.00 bits per heavy atom. The highest BCUT2D eigenvalue weighted by atomic mass is 19.1. The zero-order valence-corrected chi connectivity index (χ0v) is 10.4. The van der Waals surface area contributed by atoms with Crippen molar-refractivity contribution in [2.75, 3.05) is 5.73 Å². The van der Waals surface area contributed by atoms with Gasteiger partial charge in [0.2, 0.25) is 5.95 Å². The van der Waals surface area contributed by atoms with Crippen LogP contribution in [0.3, 0.4) is 0 Å². The van der Waals surface area contributed by atoms with Gasteiger partial charge in [-0.05, 0) is 18.1 Å². The highest BCUT2D eigenvalue weighted by Crippen LogP contribution is 2.31. The largest absolute Gasteiger partial charge is 0.368 e. The number of hydrogen-bond donors (Lipinski definition) is 2. The van der Waals surface area contributed by atoms with Crippen LogP contribution in [-0.4, -0.2) is 15.0 Å². The fourth-order valence-corrected chi connectivity index (χ4v) is 2.23. The van der Waals surface area contributed by atoms with Gasteiger partial charge in [0.05, 0.1) is 11.2 Å². The van der Waals surface area contributed by atoms with Gasteiger partial charge in [0, 0.05) is 23.3 Å². The average Bonchev–Trinajstić information content (AvgIpc) is 2.84. The standard InChI is InChI=1S/C14H13FN4/c1-2-8-6-18-14(16)19-12(8)10-7-17-13-9(10)4-3-5-11(13)15/h3-7,17H,2H2,1H3,(H2,16,18,19). The highest BCUT2D eigenvalue weighted by Gasteiger charge is 2.13. The number of rotatable bonds is 2. The smallest absolute Gasteiger partial charge is 0.220 e. The highest BCUT2D eigenvalue weighted by molar-refractivity contribution is 5.95. The minimum Gasteiger partial charge on any atom is -0.368 e. The molecular formula is C14H13FN4. The van der Waals surface area contributed by atoms with Gasteiger partial charge in [0.25, 0.3) is 0 Å². The SMILES string of the molecule is CCc1cnc(N)nc1-c1c[nH]c2c(F)cccc12. The molecule has 1 aromatic carbocycles. The van der Waals surface area contributed by atoms with Crippen molar-refractivity contribution in [1.29, 1.82) is 0 Å². The minimum absolute atomic E-state index is 0.220. The number of hydrogen-bond acceptors (Lipinski definition) is 3. The number of aryl methyl sites for hydroxylation is 1. The van der Waals surface area contributed by atoms with E-state index in [1.807, 2.05) is 13.0 Å². The quantitative estimate of drug-likeness (QED) is 0.740. The van der Waals surface area contributed by atoms with Gasteiger partial charge in [0.1, 0.15) is 5.82 Å². The molecule has 0 spiro atoms. The lowest BCUT2D eigenvalue weighted by Crippen LogP contribution is -1.99. The lowest BCUT2D eigenvalue weighted by atomic mass is 10.0. The van der Waals surface area contributed by atoms with E-state index in [9.17, 15) is 4.39 Å². The molecule has 0 fully saturated rings. The van der Waals surface area contributed by atoms with Gasteiger partial charge >= 0.3 is 0 Å². The summed E-state index contributed by atoms with van der Waals surface area (Å²) in [6, 6.07) is 4.98. The number of nitrogens with one attached hydrogen (secondary N) is 1. The molecule has 3 rings (SSSR count). The Morgan fingerprint density at radius 1 is 1.37 bits per heavy atom. The fraction of sp³-hybridized carbons (Fsp3) is 0.143. The summed E-state index contributed by atoms with van der Waals surface area (Å²) in [5.41, 5.74) is 8.73. The first-order chi connectivity index (χ1) is 9.20. The van der Waals surface area contributed by atoms with Gasteiger partial charge in [-0.1, -0.05) is 19.1 Å². The van der Waals surface area contributed by atoms with Crippen molar-refractivity contribution in [1.82, 2.24) is 15.0 Å². The molecule has 0 saturated carbocycles. The molecule has 0 radical (unpaired) electrons. The average molecular weight is 256 g/mol. The summed E-state index contributed by atoms with van der Waals surface area (Å²) in [5.74, 6) is -0.0539. The van der Waals surface area contributed by atoms with Gasteiger partial charge in [-0.15, -0.1) is 0 Å². The number of benzene rings is 1. The summed E-state index contributed by atoms with van der Waals surface area (Å²) in [6.07, 6.45) is 4.27. The molecule has 19 heavy (non-hydrogen) atoms. The van der Waals surface area contributed by atoms with Crippen molar-refractivity contribution >= 4 is 16.9 Å². The number of H-pyrrole nitrogens is 1. The molecule has 0 saturated heterocycles. The number of para-hydroxylation sites is 1. The van der Waals surface area contributed by atoms with Crippen LogP contribution < -0.4 is 5.73 Å². The van der Waals surface area contributed by atoms with E-state index >= 15 is 0 Å². The third kappa shape index (κ3) is 1.83. The summed E-state index contributed by atoms with van der Waals surface area (Å²) in [5, 5.41) is 0.799. The summed E-state index contributed by atoms with van der Waals surface area (Å²) in [6.45, 7) is 2.02. The summed E-state index contributed by atoms with van der Waals surface area (Å²) < 4.78 is 13.7. The van der Waals surface area contributed by atoms with E-state index in [0.29, 0.717) is 5.52 Å². The summed E-state index contributed by atoms with van der Waals surface area (Å²) in [7, 11) is 0. The van der Waals surface area contributed by atoms with E-state index < -0.39 is 0 Å². The van der Waals surface area contributed by atoms with Crippen molar-refractivity contribution in [3.8, 4) is 11.3 Å². The zero-order chi connectivity index (χ0) is 13.4. The normalized spacial score (nSPS) is 11.1. The summed E-state index contributed by atoms with van der Waals surface area (Å²) >= 11 is 0. The molecule has 5 heteroatoms. The van der Waals surface area contributed by atoms with E-state index in [1.54, 1.807) is 18.5 Å². The second-order valence-electron chi connectivity index (χ2n) is 4.32. The molecule has 0 atom stereocenters. The second kappa shape index (κ2) is 4.35. The number of nitrogens with zero attached hydrogens (tertiary/aromatic N) is 2. The van der Waals surface area contributed by atoms with Crippen LogP contribution >= 0.6 is 0 Å². The first-order valence-corrected chi connectivity index (χ1v) is 6.08. The van der Waals surface area contributed by atoms with Crippen LogP contribution in [0.5, 0.6) is 0 Å². The van der Waals surface area contributed by atoms with Crippen LogP contribution in [0, 0.1) is 5.82 Å². The lowest BCUT2D eigenvalue weighted by molar-refractivity contribution is 0.637. The van der Waals surface area contributed by atoms with Gasteiger partial charge in [-0.2, -0.15) is 0 Å². The molecule has 3 N–H and O–H groups in total. The molecule has 4 nitrogen and oxygen atoms in total. The third-order valence-electron chi connectivity index (χ3n) is 3.18. The molecule has 96 valence electrons. The first-order valence-electron chi connectivity index (χ1n) is 6.08. The van der Waals surface area contributed by atoms with E-state index in [0.717, 1.165) is 28.6 Å². The number of aromatic amines is 1. The minimum atomic E-state index is -0.274. The molecule has 0 amide bonds. The van der Waals surface area contributed by atoms with Crippen LogP contribution in [-0.2, 0) is 6.42 Å². The number of fused-ring (bicyclic) bond motifs is 1. The molecule has 0 bridgehead atoms. The second-order valence-corrected chi connectivity index (χ2v) is 4.32. The maximum Gasteiger partial charge on any atom is 0.220 e. The van der Waals surface area contributed by atoms with Gasteiger partial charge in [-0.3, -0.25) is 0 Å². The van der Waals surface area contributed by atoms with Crippen molar-refractivity contribution in [2.45, 2.75) is 13.3 Å². The number of aromatic nitrogens is 3. The van der Waals surface area contributed by atoms with E-state index in [1.165, 1.54) is 6.07 Å². The molecule has 2 heterocycles. The van der Waals surface area contributed by atoms with Crippen molar-refractivity contribution < 1.29 is 4.39 Å². The Morgan fingerprint density at radius 2 is 2.21 bits per heavy atom. The number of halogens is 1. The molecule has 0 aliphatic carbocycles. The Hall–Kier alpha value is -2.43. The van der Waals surface area contributed by atoms with Gasteiger partial charge in [-0.25, -0.2) is 14.4 Å². The van der Waals surface area contributed by atoms with Crippen LogP contribution in [0.1, 0.15) is 12.5 Å². The van der Waals surface area contributed by atoms with E-state index in [2.05, 4.69) is 15.0 Å². The summed E-state index contributed by atoms with van der Waals surface area (Å²) in [4.78, 5) is 11.2. The maximum atomic E-state index is 13.7. The number of nitrogens with two attached hydrogens (primary N) is 1. The number of anilines is 1. The number of nitrogen functional groups attached to an aromatic ring is 1. The van der Waals surface area contributed by atoms with Crippen LogP contribution in [0.15, 0.2) is 30.6 Å². The Bertz CT molecular complexity index is 748. The van der Waals surface area contributed by atoms with Crippen molar-refractivity contribution in [2.24, 2.45) is 0 Å². The van der Waals surface area contributed by atoms with E-state index in [4.69, 9.17) is 5.73 Å². The Kier molecular flexibility index (Phi) is 2.67. The third-order valence-corrected chi connectivity index (χ3v) is 3.18. The van der Waals surface area contributed by atoms with Crippen LogP contribution in [0.25, 0.3) is 22.2 Å². The molecular weight excluding hydrogens is 243 g/mol. The lowest BCUT2D eigenvalue weighted by Gasteiger charge is -2.06.